The van der Waals surface area contributed by atoms with Crippen molar-refractivity contribution in [3.63, 3.8) is 0 Å². The fourth-order valence-electron chi connectivity index (χ4n) is 2.54. The normalized spacial score (nSPS) is 20.2. The molecule has 0 aliphatic heterocycles. The maximum atomic E-state index is 11.9. The van der Waals surface area contributed by atoms with Crippen LogP contribution in [0.15, 0.2) is 5.16 Å². The van der Waals surface area contributed by atoms with E-state index in [4.69, 9.17) is 10.9 Å². The number of hydrogen-bond donors (Lipinski definition) is 3. The molecule has 1 fully saturated rings. The van der Waals surface area contributed by atoms with Crippen LogP contribution in [-0.2, 0) is 4.79 Å². The third kappa shape index (κ3) is 4.94. The van der Waals surface area contributed by atoms with E-state index >= 15 is 0 Å². The third-order valence-electron chi connectivity index (χ3n) is 3.66. The molecule has 1 aliphatic carbocycles. The van der Waals surface area contributed by atoms with E-state index in [2.05, 4.69) is 10.5 Å². The van der Waals surface area contributed by atoms with Crippen LogP contribution in [0, 0.1) is 5.92 Å². The number of carbonyl (C=O) groups excluding carboxylic acids is 1. The zero-order valence-electron chi connectivity index (χ0n) is 11.2. The van der Waals surface area contributed by atoms with Gasteiger partial charge >= 0.3 is 0 Å². The first-order valence-electron chi connectivity index (χ1n) is 6.94. The highest BCUT2D eigenvalue weighted by Gasteiger charge is 2.19. The van der Waals surface area contributed by atoms with Crippen LogP contribution in [-0.4, -0.2) is 23.0 Å². The van der Waals surface area contributed by atoms with Gasteiger partial charge in [-0.05, 0) is 25.2 Å². The standard InChI is InChI=1S/C13H25N3O2/c1-2-11(13(14)16-18)15-12(17)9-10-7-5-3-4-6-8-10/h10-11,18H,2-9H2,1H3,(H2,14,16)(H,15,17). The lowest BCUT2D eigenvalue weighted by molar-refractivity contribution is -0.122. The maximum absolute atomic E-state index is 11.9. The monoisotopic (exact) mass is 255 g/mol. The lowest BCUT2D eigenvalue weighted by atomic mass is 9.96. The summed E-state index contributed by atoms with van der Waals surface area (Å²) in [6.07, 6.45) is 8.54. The van der Waals surface area contributed by atoms with Crippen LogP contribution in [0.1, 0.15) is 58.3 Å². The molecule has 5 nitrogen and oxygen atoms in total. The van der Waals surface area contributed by atoms with Gasteiger partial charge in [0, 0.05) is 6.42 Å². The van der Waals surface area contributed by atoms with Crippen LogP contribution in [0.3, 0.4) is 0 Å². The van der Waals surface area contributed by atoms with Crippen molar-refractivity contribution in [3.8, 4) is 0 Å². The number of rotatable bonds is 5. The highest BCUT2D eigenvalue weighted by molar-refractivity contribution is 5.89. The Labute approximate surface area is 109 Å². The Kier molecular flexibility index (Phi) is 6.54. The highest BCUT2D eigenvalue weighted by Crippen LogP contribution is 2.25. The number of nitrogens with two attached hydrogens (primary N) is 1. The Morgan fingerprint density at radius 2 is 2.00 bits per heavy atom. The van der Waals surface area contributed by atoms with Crippen molar-refractivity contribution < 1.29 is 10.0 Å². The average molecular weight is 255 g/mol. The molecule has 0 saturated heterocycles. The number of hydrogen-bond acceptors (Lipinski definition) is 3. The summed E-state index contributed by atoms with van der Waals surface area (Å²) in [5, 5.41) is 14.4. The third-order valence-corrected chi connectivity index (χ3v) is 3.66. The molecule has 0 aromatic heterocycles. The first-order valence-corrected chi connectivity index (χ1v) is 6.94. The molecule has 0 radical (unpaired) electrons. The molecule has 1 atom stereocenters. The summed E-state index contributed by atoms with van der Waals surface area (Å²) in [4.78, 5) is 11.9. The number of nitrogens with zero attached hydrogens (tertiary/aromatic N) is 1. The summed E-state index contributed by atoms with van der Waals surface area (Å²) in [6.45, 7) is 1.90. The van der Waals surface area contributed by atoms with Crippen molar-refractivity contribution in [3.05, 3.63) is 0 Å². The number of amidine groups is 1. The second-order valence-electron chi connectivity index (χ2n) is 5.11. The molecule has 0 heterocycles. The van der Waals surface area contributed by atoms with Crippen LogP contribution in [0.5, 0.6) is 0 Å². The van der Waals surface area contributed by atoms with Crippen molar-refractivity contribution in [2.24, 2.45) is 16.8 Å². The maximum Gasteiger partial charge on any atom is 0.220 e. The molecule has 0 bridgehead atoms. The molecule has 1 aliphatic rings. The van der Waals surface area contributed by atoms with Crippen LogP contribution in [0.2, 0.25) is 0 Å². The van der Waals surface area contributed by atoms with E-state index in [9.17, 15) is 4.79 Å². The van der Waals surface area contributed by atoms with Crippen molar-refractivity contribution >= 4 is 11.7 Å². The summed E-state index contributed by atoms with van der Waals surface area (Å²) in [5.74, 6) is 0.587. The number of carbonyl (C=O) groups is 1. The van der Waals surface area contributed by atoms with Gasteiger partial charge in [0.2, 0.25) is 5.91 Å². The van der Waals surface area contributed by atoms with Gasteiger partial charge in [-0.2, -0.15) is 0 Å². The Bertz CT molecular complexity index is 284. The number of amides is 1. The minimum Gasteiger partial charge on any atom is -0.409 e. The predicted molar refractivity (Wildman–Crippen MR) is 71.4 cm³/mol. The van der Waals surface area contributed by atoms with Gasteiger partial charge in [0.25, 0.3) is 0 Å². The second kappa shape index (κ2) is 7.95. The smallest absolute Gasteiger partial charge is 0.220 e. The van der Waals surface area contributed by atoms with Crippen molar-refractivity contribution in [2.75, 3.05) is 0 Å². The molecule has 0 aromatic rings. The number of nitrogens with one attached hydrogen (secondary N) is 1. The van der Waals surface area contributed by atoms with Gasteiger partial charge in [-0.3, -0.25) is 4.79 Å². The van der Waals surface area contributed by atoms with E-state index in [1.165, 1.54) is 25.7 Å². The first kappa shape index (κ1) is 14.8. The van der Waals surface area contributed by atoms with Gasteiger partial charge in [0.15, 0.2) is 5.84 Å². The van der Waals surface area contributed by atoms with E-state index in [1.54, 1.807) is 0 Å². The first-order chi connectivity index (χ1) is 8.67. The van der Waals surface area contributed by atoms with E-state index < -0.39 is 0 Å². The predicted octanol–water partition coefficient (Wildman–Crippen LogP) is 1.99. The molecule has 5 heteroatoms. The molecule has 1 amide bonds. The molecular weight excluding hydrogens is 230 g/mol. The topological polar surface area (TPSA) is 87.7 Å². The zero-order chi connectivity index (χ0) is 13.4. The number of oxime groups is 1. The molecule has 104 valence electrons. The van der Waals surface area contributed by atoms with Crippen molar-refractivity contribution in [1.29, 1.82) is 0 Å². The van der Waals surface area contributed by atoms with Gasteiger partial charge in [-0.25, -0.2) is 0 Å². The Morgan fingerprint density at radius 3 is 2.50 bits per heavy atom. The molecule has 1 unspecified atom stereocenters. The van der Waals surface area contributed by atoms with Gasteiger partial charge in [-0.15, -0.1) is 0 Å². The molecule has 1 rings (SSSR count). The summed E-state index contributed by atoms with van der Waals surface area (Å²) in [6, 6.07) is -0.353. The van der Waals surface area contributed by atoms with Crippen molar-refractivity contribution in [1.82, 2.24) is 5.32 Å². The van der Waals surface area contributed by atoms with Crippen LogP contribution in [0.25, 0.3) is 0 Å². The average Bonchev–Trinajstić information content (AvgIpc) is 2.63. The fourth-order valence-corrected chi connectivity index (χ4v) is 2.54. The largest absolute Gasteiger partial charge is 0.409 e. The van der Waals surface area contributed by atoms with Crippen molar-refractivity contribution in [2.45, 2.75) is 64.3 Å². The van der Waals surface area contributed by atoms with E-state index in [0.29, 0.717) is 18.8 Å². The Hall–Kier alpha value is -1.26. The van der Waals surface area contributed by atoms with Gasteiger partial charge in [-0.1, -0.05) is 37.8 Å². The van der Waals surface area contributed by atoms with Crippen LogP contribution in [0.4, 0.5) is 0 Å². The lowest BCUT2D eigenvalue weighted by Crippen LogP contribution is -2.44. The second-order valence-corrected chi connectivity index (χ2v) is 5.11. The Morgan fingerprint density at radius 1 is 1.39 bits per heavy atom. The lowest BCUT2D eigenvalue weighted by Gasteiger charge is -2.18. The summed E-state index contributed by atoms with van der Waals surface area (Å²) >= 11 is 0. The Balaban J connectivity index is 2.39. The molecule has 18 heavy (non-hydrogen) atoms. The van der Waals surface area contributed by atoms with Gasteiger partial charge in [0.05, 0.1) is 6.04 Å². The summed E-state index contributed by atoms with van der Waals surface area (Å²) in [7, 11) is 0. The SMILES string of the molecule is CCC(NC(=O)CC1CCCCCC1)C(N)=NO. The minimum absolute atomic E-state index is 0.0142. The minimum atomic E-state index is -0.353. The van der Waals surface area contributed by atoms with E-state index in [0.717, 1.165) is 12.8 Å². The molecule has 0 spiro atoms. The van der Waals surface area contributed by atoms with E-state index in [-0.39, 0.29) is 17.8 Å². The van der Waals surface area contributed by atoms with Gasteiger partial charge < -0.3 is 16.3 Å². The molecule has 4 N–H and O–H groups in total. The highest BCUT2D eigenvalue weighted by atomic mass is 16.4. The van der Waals surface area contributed by atoms with Crippen LogP contribution >= 0.6 is 0 Å². The summed E-state index contributed by atoms with van der Waals surface area (Å²) < 4.78 is 0. The van der Waals surface area contributed by atoms with Gasteiger partial charge in [0.1, 0.15) is 0 Å². The molecule has 1 saturated carbocycles. The van der Waals surface area contributed by atoms with E-state index in [1.807, 2.05) is 6.92 Å². The molecule has 0 aromatic carbocycles. The van der Waals surface area contributed by atoms with Crippen LogP contribution < -0.4 is 11.1 Å². The quantitative estimate of drug-likeness (QED) is 0.231. The zero-order valence-corrected chi connectivity index (χ0v) is 11.2. The fraction of sp³-hybridized carbons (Fsp3) is 0.846. The summed E-state index contributed by atoms with van der Waals surface area (Å²) in [5.41, 5.74) is 5.52. The molecular formula is C13H25N3O2.